The van der Waals surface area contributed by atoms with E-state index in [1.54, 1.807) is 0 Å². The van der Waals surface area contributed by atoms with Gasteiger partial charge in [0.05, 0.1) is 0 Å². The Bertz CT molecular complexity index is 367. The summed E-state index contributed by atoms with van der Waals surface area (Å²) in [6, 6.07) is 1.07. The van der Waals surface area contributed by atoms with Gasteiger partial charge in [-0.1, -0.05) is 12.8 Å². The van der Waals surface area contributed by atoms with E-state index in [4.69, 9.17) is 0 Å². The number of carboxylic acid groups (broad SMARTS) is 1. The van der Waals surface area contributed by atoms with Crippen molar-refractivity contribution in [1.82, 2.24) is 10.2 Å². The third kappa shape index (κ3) is 3.01. The minimum atomic E-state index is -0.777. The van der Waals surface area contributed by atoms with Gasteiger partial charge in [0.2, 0.25) is 0 Å². The molecule has 2 saturated carbocycles. The zero-order chi connectivity index (χ0) is 14.2. The summed E-state index contributed by atoms with van der Waals surface area (Å²) in [5, 5.41) is 13.0. The first-order chi connectivity index (χ1) is 9.58. The first-order valence-electron chi connectivity index (χ1n) is 8.34. The number of carbonyl (C=O) groups is 1. The van der Waals surface area contributed by atoms with Crippen LogP contribution in [0.3, 0.4) is 0 Å². The molecule has 0 amide bonds. The molecule has 3 fully saturated rings. The van der Waals surface area contributed by atoms with Gasteiger partial charge in [-0.2, -0.15) is 0 Å². The number of nitrogens with one attached hydrogen (secondary N) is 1. The molecule has 3 rings (SSSR count). The molecule has 3 aliphatic rings. The van der Waals surface area contributed by atoms with Crippen LogP contribution in [0.25, 0.3) is 0 Å². The number of nitrogens with zero attached hydrogens (tertiary/aromatic N) is 1. The minimum absolute atomic E-state index is 0.433. The molecule has 20 heavy (non-hydrogen) atoms. The van der Waals surface area contributed by atoms with Crippen LogP contribution < -0.4 is 5.32 Å². The van der Waals surface area contributed by atoms with E-state index in [0.717, 1.165) is 25.3 Å². The van der Waals surface area contributed by atoms with Crippen LogP contribution >= 0.6 is 0 Å². The molecule has 0 radical (unpaired) electrons. The molecule has 2 N–H and O–H groups in total. The summed E-state index contributed by atoms with van der Waals surface area (Å²) in [7, 11) is 0. The van der Waals surface area contributed by atoms with Gasteiger partial charge in [-0.15, -0.1) is 0 Å². The summed E-state index contributed by atoms with van der Waals surface area (Å²) in [6.45, 7) is 3.62. The van der Waals surface area contributed by atoms with Crippen LogP contribution in [-0.2, 0) is 4.79 Å². The van der Waals surface area contributed by atoms with Gasteiger partial charge in [0, 0.05) is 18.6 Å². The second-order valence-corrected chi connectivity index (χ2v) is 7.28. The molecule has 3 unspecified atom stereocenters. The summed E-state index contributed by atoms with van der Waals surface area (Å²) in [4.78, 5) is 14.2. The fourth-order valence-electron chi connectivity index (χ4n) is 4.18. The fraction of sp³-hybridized carbons (Fsp3) is 0.938. The Labute approximate surface area is 121 Å². The number of hydrogen-bond donors (Lipinski definition) is 2. The molecule has 4 heteroatoms. The molecule has 0 aromatic rings. The standard InChI is InChI=1S/C16H28N2O2/c1-16(15(19)20,17-13-8-9-13)11-18-10-4-6-12-5-2-3-7-14(12)18/h12-14,17H,2-11H2,1H3,(H,19,20). The minimum Gasteiger partial charge on any atom is -0.480 e. The molecule has 1 saturated heterocycles. The Balaban J connectivity index is 1.68. The third-order valence-corrected chi connectivity index (χ3v) is 5.45. The normalized spacial score (nSPS) is 34.2. The Morgan fingerprint density at radius 2 is 1.90 bits per heavy atom. The monoisotopic (exact) mass is 280 g/mol. The van der Waals surface area contributed by atoms with Crippen molar-refractivity contribution in [3.8, 4) is 0 Å². The van der Waals surface area contributed by atoms with Gasteiger partial charge in [-0.05, 0) is 57.9 Å². The van der Waals surface area contributed by atoms with Crippen LogP contribution in [0, 0.1) is 5.92 Å². The van der Waals surface area contributed by atoms with Gasteiger partial charge < -0.3 is 5.11 Å². The first-order valence-corrected chi connectivity index (χ1v) is 8.34. The predicted molar refractivity (Wildman–Crippen MR) is 78.8 cm³/mol. The largest absolute Gasteiger partial charge is 0.480 e. The second-order valence-electron chi connectivity index (χ2n) is 7.28. The van der Waals surface area contributed by atoms with Crippen LogP contribution in [0.2, 0.25) is 0 Å². The van der Waals surface area contributed by atoms with E-state index in [1.807, 2.05) is 6.92 Å². The Hall–Kier alpha value is -0.610. The zero-order valence-electron chi connectivity index (χ0n) is 12.6. The number of rotatable bonds is 5. The SMILES string of the molecule is CC(CN1CCCC2CCCCC21)(NC1CC1)C(=O)O. The van der Waals surface area contributed by atoms with E-state index >= 15 is 0 Å². The smallest absolute Gasteiger partial charge is 0.324 e. The lowest BCUT2D eigenvalue weighted by Gasteiger charge is -2.46. The molecule has 1 heterocycles. The van der Waals surface area contributed by atoms with E-state index in [1.165, 1.54) is 38.5 Å². The number of hydrogen-bond acceptors (Lipinski definition) is 3. The summed E-state index contributed by atoms with van der Waals surface area (Å²) in [6.07, 6.45) is 10.2. The van der Waals surface area contributed by atoms with Crippen molar-refractivity contribution in [2.24, 2.45) is 5.92 Å². The number of piperidine rings is 1. The zero-order valence-corrected chi connectivity index (χ0v) is 12.6. The van der Waals surface area contributed by atoms with Gasteiger partial charge in [-0.3, -0.25) is 15.0 Å². The molecule has 0 aromatic heterocycles. The molecule has 0 aromatic carbocycles. The van der Waals surface area contributed by atoms with Gasteiger partial charge in [0.1, 0.15) is 5.54 Å². The Morgan fingerprint density at radius 1 is 1.20 bits per heavy atom. The lowest BCUT2D eigenvalue weighted by atomic mass is 9.78. The number of fused-ring (bicyclic) bond motifs is 1. The Morgan fingerprint density at radius 3 is 2.60 bits per heavy atom. The molecule has 4 nitrogen and oxygen atoms in total. The fourth-order valence-corrected chi connectivity index (χ4v) is 4.18. The molecule has 0 spiro atoms. The van der Waals surface area contributed by atoms with Crippen LogP contribution in [0.4, 0.5) is 0 Å². The quantitative estimate of drug-likeness (QED) is 0.811. The molecule has 114 valence electrons. The molecule has 0 bridgehead atoms. The summed E-state index contributed by atoms with van der Waals surface area (Å²) in [5.74, 6) is 0.124. The summed E-state index contributed by atoms with van der Waals surface area (Å²) in [5.41, 5.74) is -0.777. The van der Waals surface area contributed by atoms with Crippen LogP contribution in [0.15, 0.2) is 0 Å². The highest BCUT2D eigenvalue weighted by molar-refractivity contribution is 5.78. The van der Waals surface area contributed by atoms with Gasteiger partial charge in [0.15, 0.2) is 0 Å². The van der Waals surface area contributed by atoms with E-state index in [-0.39, 0.29) is 0 Å². The molecule has 3 atom stereocenters. The molecule has 1 aliphatic heterocycles. The molecular weight excluding hydrogens is 252 g/mol. The first kappa shape index (κ1) is 14.3. The van der Waals surface area contributed by atoms with Crippen molar-refractivity contribution in [3.63, 3.8) is 0 Å². The predicted octanol–water partition coefficient (Wildman–Crippen LogP) is 2.24. The highest BCUT2D eigenvalue weighted by Crippen LogP contribution is 2.36. The lowest BCUT2D eigenvalue weighted by molar-refractivity contribution is -0.146. The van der Waals surface area contributed by atoms with Gasteiger partial charge >= 0.3 is 5.97 Å². The van der Waals surface area contributed by atoms with E-state index in [9.17, 15) is 9.90 Å². The highest BCUT2D eigenvalue weighted by atomic mass is 16.4. The molecule has 2 aliphatic carbocycles. The van der Waals surface area contributed by atoms with Gasteiger partial charge in [0.25, 0.3) is 0 Å². The maximum atomic E-state index is 11.7. The number of likely N-dealkylation sites (tertiary alicyclic amines) is 1. The van der Waals surface area contributed by atoms with Crippen LogP contribution in [0.1, 0.15) is 58.3 Å². The summed E-state index contributed by atoms with van der Waals surface area (Å²) >= 11 is 0. The lowest BCUT2D eigenvalue weighted by Crippen LogP contribution is -2.61. The second kappa shape index (κ2) is 5.64. The van der Waals surface area contributed by atoms with Crippen molar-refractivity contribution in [2.75, 3.05) is 13.1 Å². The van der Waals surface area contributed by atoms with Crippen molar-refractivity contribution in [1.29, 1.82) is 0 Å². The van der Waals surface area contributed by atoms with Crippen molar-refractivity contribution in [2.45, 2.75) is 75.9 Å². The molecular formula is C16H28N2O2. The average molecular weight is 280 g/mol. The Kier molecular flexibility index (Phi) is 4.04. The van der Waals surface area contributed by atoms with E-state index in [2.05, 4.69) is 10.2 Å². The maximum absolute atomic E-state index is 11.7. The average Bonchev–Trinajstić information content (AvgIpc) is 3.23. The number of carboxylic acids is 1. The third-order valence-electron chi connectivity index (χ3n) is 5.45. The highest BCUT2D eigenvalue weighted by Gasteiger charge is 2.43. The maximum Gasteiger partial charge on any atom is 0.324 e. The van der Waals surface area contributed by atoms with E-state index < -0.39 is 11.5 Å². The van der Waals surface area contributed by atoms with Crippen molar-refractivity contribution in [3.05, 3.63) is 0 Å². The summed E-state index contributed by atoms with van der Waals surface area (Å²) < 4.78 is 0. The van der Waals surface area contributed by atoms with Crippen LogP contribution in [0.5, 0.6) is 0 Å². The van der Waals surface area contributed by atoms with E-state index in [0.29, 0.717) is 18.6 Å². The van der Waals surface area contributed by atoms with Crippen molar-refractivity contribution < 1.29 is 9.90 Å². The topological polar surface area (TPSA) is 52.6 Å². The number of aliphatic carboxylic acids is 1. The van der Waals surface area contributed by atoms with Gasteiger partial charge in [-0.25, -0.2) is 0 Å². The van der Waals surface area contributed by atoms with Crippen LogP contribution in [-0.4, -0.2) is 46.7 Å². The van der Waals surface area contributed by atoms with Crippen molar-refractivity contribution >= 4 is 5.97 Å².